The van der Waals surface area contributed by atoms with E-state index in [1.165, 1.54) is 0 Å². The van der Waals surface area contributed by atoms with E-state index in [0.717, 1.165) is 23.1 Å². The lowest BCUT2D eigenvalue weighted by atomic mass is 9.92. The van der Waals surface area contributed by atoms with Crippen molar-refractivity contribution in [2.24, 2.45) is 0 Å². The van der Waals surface area contributed by atoms with Gasteiger partial charge >= 0.3 is 0 Å². The first kappa shape index (κ1) is 26.6. The number of hydrogen-bond donors (Lipinski definition) is 0. The van der Waals surface area contributed by atoms with E-state index in [0.29, 0.717) is 50.1 Å². The topological polar surface area (TPSA) is 61.6 Å². The second kappa shape index (κ2) is 10.6. The van der Waals surface area contributed by atoms with Gasteiger partial charge in [0.1, 0.15) is 29.6 Å². The van der Waals surface area contributed by atoms with Crippen molar-refractivity contribution in [3.63, 3.8) is 0 Å². The van der Waals surface area contributed by atoms with Crippen molar-refractivity contribution in [1.29, 1.82) is 0 Å². The minimum absolute atomic E-state index is 0.0880. The molecule has 196 valence electrons. The molecule has 0 saturated heterocycles. The molecule has 0 radical (unpaired) electrons. The molecule has 38 heavy (non-hydrogen) atoms. The first-order chi connectivity index (χ1) is 18.2. The molecule has 5 rings (SSSR count). The SMILES string of the molecule is CC(C)c1onc(-c2c(Cl)cccc2Cl)c1COc1ccc(C2CC2(C)c2cccc(OC=O)c2)c(Cl)c1. The molecule has 1 aromatic heterocycles. The minimum atomic E-state index is -0.0913. The van der Waals surface area contributed by atoms with E-state index in [2.05, 4.69) is 18.1 Å². The first-order valence-corrected chi connectivity index (χ1v) is 13.4. The molecule has 0 bridgehead atoms. The van der Waals surface area contributed by atoms with Gasteiger partial charge in [-0.1, -0.05) is 85.0 Å². The summed E-state index contributed by atoms with van der Waals surface area (Å²) in [5.41, 5.74) is 4.06. The summed E-state index contributed by atoms with van der Waals surface area (Å²) in [5.74, 6) is 2.22. The molecule has 2 unspecified atom stereocenters. The minimum Gasteiger partial charge on any atom is -0.489 e. The predicted octanol–water partition coefficient (Wildman–Crippen LogP) is 8.98. The highest BCUT2D eigenvalue weighted by Gasteiger charge is 2.52. The number of rotatable bonds is 9. The molecule has 1 fully saturated rings. The standard InChI is InChI=1S/C30H26Cl3NO4/c1-17(2)29-22(28(34-38-29)27-24(31)8-5-9-25(27)32)15-36-20-10-11-21(26(33)13-20)23-14-30(23,3)18-6-4-7-19(12-18)37-16-35/h4-13,16-17,23H,14-15H2,1-3H3. The second-order valence-corrected chi connectivity index (χ2v) is 11.2. The second-order valence-electron chi connectivity index (χ2n) is 10.0. The fraction of sp³-hybridized carbons (Fsp3) is 0.267. The van der Waals surface area contributed by atoms with Crippen LogP contribution >= 0.6 is 34.8 Å². The smallest absolute Gasteiger partial charge is 0.298 e. The highest BCUT2D eigenvalue weighted by molar-refractivity contribution is 6.39. The molecular weight excluding hydrogens is 545 g/mol. The van der Waals surface area contributed by atoms with Gasteiger partial charge < -0.3 is 14.0 Å². The van der Waals surface area contributed by atoms with Crippen LogP contribution in [0.5, 0.6) is 11.5 Å². The number of nitrogens with zero attached hydrogens (tertiary/aromatic N) is 1. The predicted molar refractivity (Wildman–Crippen MR) is 150 cm³/mol. The molecule has 1 saturated carbocycles. The Kier molecular flexibility index (Phi) is 7.45. The zero-order valence-electron chi connectivity index (χ0n) is 21.1. The van der Waals surface area contributed by atoms with Gasteiger partial charge in [-0.15, -0.1) is 0 Å². The van der Waals surface area contributed by atoms with Gasteiger partial charge in [0, 0.05) is 21.9 Å². The number of carbonyl (C=O) groups excluding carboxylic acids is 1. The van der Waals surface area contributed by atoms with Crippen molar-refractivity contribution in [1.82, 2.24) is 5.16 Å². The monoisotopic (exact) mass is 569 g/mol. The third-order valence-electron chi connectivity index (χ3n) is 7.19. The van der Waals surface area contributed by atoms with Gasteiger partial charge in [-0.05, 0) is 59.9 Å². The van der Waals surface area contributed by atoms with Crippen LogP contribution in [0.3, 0.4) is 0 Å². The van der Waals surface area contributed by atoms with Gasteiger partial charge in [-0.2, -0.15) is 0 Å². The fourth-order valence-corrected chi connectivity index (χ4v) is 5.87. The van der Waals surface area contributed by atoms with Crippen LogP contribution in [0, 0.1) is 0 Å². The maximum Gasteiger partial charge on any atom is 0.298 e. The summed E-state index contributed by atoms with van der Waals surface area (Å²) in [5, 5.41) is 5.91. The number of ether oxygens (including phenoxy) is 2. The maximum atomic E-state index is 10.7. The highest BCUT2D eigenvalue weighted by Crippen LogP contribution is 2.61. The first-order valence-electron chi connectivity index (χ1n) is 12.3. The molecule has 1 heterocycles. The third kappa shape index (κ3) is 5.03. The van der Waals surface area contributed by atoms with Crippen LogP contribution in [-0.4, -0.2) is 11.6 Å². The van der Waals surface area contributed by atoms with Crippen molar-refractivity contribution in [3.05, 3.63) is 98.2 Å². The summed E-state index contributed by atoms with van der Waals surface area (Å²) < 4.78 is 16.9. The molecule has 4 aromatic rings. The van der Waals surface area contributed by atoms with Gasteiger partial charge in [0.15, 0.2) is 0 Å². The number of halogens is 3. The molecule has 1 aliphatic carbocycles. The Hall–Kier alpha value is -2.99. The van der Waals surface area contributed by atoms with E-state index in [1.807, 2.05) is 44.2 Å². The van der Waals surface area contributed by atoms with Gasteiger partial charge in [0.2, 0.25) is 0 Å². The Morgan fingerprint density at radius 1 is 1.03 bits per heavy atom. The van der Waals surface area contributed by atoms with Crippen LogP contribution in [0.25, 0.3) is 11.3 Å². The van der Waals surface area contributed by atoms with E-state index in [1.54, 1.807) is 24.3 Å². The number of hydrogen-bond acceptors (Lipinski definition) is 5. The van der Waals surface area contributed by atoms with E-state index in [9.17, 15) is 4.79 Å². The van der Waals surface area contributed by atoms with Crippen molar-refractivity contribution in [3.8, 4) is 22.8 Å². The summed E-state index contributed by atoms with van der Waals surface area (Å²) in [4.78, 5) is 10.7. The van der Waals surface area contributed by atoms with Crippen molar-refractivity contribution in [2.75, 3.05) is 0 Å². The molecule has 0 N–H and O–H groups in total. The number of aromatic nitrogens is 1. The highest BCUT2D eigenvalue weighted by atomic mass is 35.5. The molecule has 3 aromatic carbocycles. The van der Waals surface area contributed by atoms with E-state index in [4.69, 9.17) is 48.8 Å². The molecule has 8 heteroatoms. The van der Waals surface area contributed by atoms with Gasteiger partial charge in [-0.3, -0.25) is 4.79 Å². The van der Waals surface area contributed by atoms with Crippen LogP contribution in [0.4, 0.5) is 0 Å². The molecule has 1 aliphatic rings. The Balaban J connectivity index is 1.36. The Morgan fingerprint density at radius 2 is 1.76 bits per heavy atom. The normalized spacial score (nSPS) is 18.4. The van der Waals surface area contributed by atoms with Crippen molar-refractivity contribution < 1.29 is 18.8 Å². The summed E-state index contributed by atoms with van der Waals surface area (Å²) >= 11 is 19.7. The largest absolute Gasteiger partial charge is 0.489 e. The van der Waals surface area contributed by atoms with E-state index < -0.39 is 0 Å². The van der Waals surface area contributed by atoms with Gasteiger partial charge in [-0.25, -0.2) is 0 Å². The van der Waals surface area contributed by atoms with Crippen LogP contribution < -0.4 is 9.47 Å². The molecule has 2 atom stereocenters. The van der Waals surface area contributed by atoms with Crippen LogP contribution in [0.15, 0.2) is 65.2 Å². The fourth-order valence-electron chi connectivity index (χ4n) is 4.99. The molecule has 5 nitrogen and oxygen atoms in total. The Labute approximate surface area is 236 Å². The molecule has 0 amide bonds. The molecule has 0 spiro atoms. The Bertz CT molecular complexity index is 1480. The quantitative estimate of drug-likeness (QED) is 0.188. The van der Waals surface area contributed by atoms with E-state index in [-0.39, 0.29) is 23.9 Å². The van der Waals surface area contributed by atoms with Crippen molar-refractivity contribution >= 4 is 41.3 Å². The van der Waals surface area contributed by atoms with Crippen LogP contribution in [0.1, 0.15) is 61.5 Å². The average Bonchev–Trinajstić information content (AvgIpc) is 3.39. The van der Waals surface area contributed by atoms with Gasteiger partial charge in [0.25, 0.3) is 6.47 Å². The molecule has 0 aliphatic heterocycles. The summed E-state index contributed by atoms with van der Waals surface area (Å²) in [6.07, 6.45) is 0.942. The lowest BCUT2D eigenvalue weighted by Gasteiger charge is -2.15. The summed E-state index contributed by atoms with van der Waals surface area (Å²) in [7, 11) is 0. The van der Waals surface area contributed by atoms with Crippen LogP contribution in [-0.2, 0) is 16.8 Å². The number of benzene rings is 3. The number of carbonyl (C=O) groups is 1. The third-order valence-corrected chi connectivity index (χ3v) is 8.15. The van der Waals surface area contributed by atoms with E-state index >= 15 is 0 Å². The average molecular weight is 571 g/mol. The van der Waals surface area contributed by atoms with Gasteiger partial charge in [0.05, 0.1) is 15.6 Å². The zero-order chi connectivity index (χ0) is 27.0. The summed E-state index contributed by atoms with van der Waals surface area (Å²) in [6, 6.07) is 18.7. The van der Waals surface area contributed by atoms with Crippen LogP contribution in [0.2, 0.25) is 15.1 Å². The summed E-state index contributed by atoms with van der Waals surface area (Å²) in [6.45, 7) is 6.91. The molecular formula is C30H26Cl3NO4. The Morgan fingerprint density at radius 3 is 2.45 bits per heavy atom. The van der Waals surface area contributed by atoms with Crippen molar-refractivity contribution in [2.45, 2.75) is 51.0 Å². The maximum absolute atomic E-state index is 10.7. The zero-order valence-corrected chi connectivity index (χ0v) is 23.4. The lowest BCUT2D eigenvalue weighted by Crippen LogP contribution is -2.05. The lowest BCUT2D eigenvalue weighted by molar-refractivity contribution is -0.120.